The van der Waals surface area contributed by atoms with Crippen molar-refractivity contribution < 1.29 is 29.6 Å². The van der Waals surface area contributed by atoms with Gasteiger partial charge in [0.15, 0.2) is 0 Å². The van der Waals surface area contributed by atoms with Crippen molar-refractivity contribution in [1.29, 1.82) is 0 Å². The Balaban J connectivity index is 2.57. The highest BCUT2D eigenvalue weighted by molar-refractivity contribution is 5.66. The van der Waals surface area contributed by atoms with Gasteiger partial charge >= 0.3 is 5.97 Å². The lowest BCUT2D eigenvalue weighted by Crippen LogP contribution is -2.50. The van der Waals surface area contributed by atoms with E-state index in [1.807, 2.05) is 0 Å². The van der Waals surface area contributed by atoms with Crippen molar-refractivity contribution >= 4 is 5.97 Å². The second kappa shape index (κ2) is 4.70. The molecule has 0 radical (unpaired) electrons. The summed E-state index contributed by atoms with van der Waals surface area (Å²) in [5.41, 5.74) is 0. The quantitative estimate of drug-likeness (QED) is 0.470. The van der Waals surface area contributed by atoms with Crippen LogP contribution in [0.15, 0.2) is 0 Å². The van der Waals surface area contributed by atoms with Gasteiger partial charge in [0.2, 0.25) is 6.29 Å². The molecule has 14 heavy (non-hydrogen) atoms. The standard InChI is InChI=1S/C8H14O6/c1-4(10)13-8-7(12)6(11)2-5(3-9)14-8/h5-9,11-12H,2-3H2,1H3/t5-,6-,7-,8?/m0/s1. The van der Waals surface area contributed by atoms with Crippen LogP contribution in [-0.2, 0) is 14.3 Å². The molecule has 0 amide bonds. The van der Waals surface area contributed by atoms with E-state index in [4.69, 9.17) is 9.84 Å². The van der Waals surface area contributed by atoms with Gasteiger partial charge < -0.3 is 24.8 Å². The van der Waals surface area contributed by atoms with E-state index in [0.29, 0.717) is 0 Å². The van der Waals surface area contributed by atoms with Crippen LogP contribution in [0.25, 0.3) is 0 Å². The summed E-state index contributed by atoms with van der Waals surface area (Å²) in [4.78, 5) is 10.6. The molecular weight excluding hydrogens is 192 g/mol. The van der Waals surface area contributed by atoms with E-state index in [9.17, 15) is 15.0 Å². The summed E-state index contributed by atoms with van der Waals surface area (Å²) < 4.78 is 9.65. The van der Waals surface area contributed by atoms with Gasteiger partial charge in [-0.05, 0) is 0 Å². The molecule has 1 heterocycles. The van der Waals surface area contributed by atoms with Crippen molar-refractivity contribution in [2.45, 2.75) is 37.9 Å². The molecular formula is C8H14O6. The molecule has 0 aromatic carbocycles. The fourth-order valence-corrected chi connectivity index (χ4v) is 1.29. The van der Waals surface area contributed by atoms with Crippen LogP contribution >= 0.6 is 0 Å². The summed E-state index contributed by atoms with van der Waals surface area (Å²) in [5, 5.41) is 27.5. The summed E-state index contributed by atoms with van der Waals surface area (Å²) in [5.74, 6) is -0.611. The number of carbonyl (C=O) groups is 1. The molecule has 4 atom stereocenters. The summed E-state index contributed by atoms with van der Waals surface area (Å²) in [6, 6.07) is 0. The van der Waals surface area contributed by atoms with Gasteiger partial charge in [0.25, 0.3) is 0 Å². The number of aliphatic hydroxyl groups excluding tert-OH is 3. The molecule has 0 spiro atoms. The lowest BCUT2D eigenvalue weighted by atomic mass is 10.0. The lowest BCUT2D eigenvalue weighted by Gasteiger charge is -2.35. The number of hydrogen-bond donors (Lipinski definition) is 3. The van der Waals surface area contributed by atoms with Crippen molar-refractivity contribution in [3.05, 3.63) is 0 Å². The van der Waals surface area contributed by atoms with E-state index in [1.54, 1.807) is 0 Å². The molecule has 82 valence electrons. The first kappa shape index (κ1) is 11.4. The van der Waals surface area contributed by atoms with Crippen molar-refractivity contribution in [3.63, 3.8) is 0 Å². The minimum atomic E-state index is -1.26. The van der Waals surface area contributed by atoms with Crippen molar-refractivity contribution in [1.82, 2.24) is 0 Å². The number of aliphatic hydroxyl groups is 3. The maximum Gasteiger partial charge on any atom is 0.305 e. The molecule has 1 aliphatic rings. The minimum absolute atomic E-state index is 0.120. The second-order valence-electron chi connectivity index (χ2n) is 3.21. The highest BCUT2D eigenvalue weighted by Gasteiger charge is 2.38. The zero-order valence-corrected chi connectivity index (χ0v) is 7.79. The molecule has 0 aromatic rings. The van der Waals surface area contributed by atoms with Crippen LogP contribution in [-0.4, -0.2) is 52.5 Å². The van der Waals surface area contributed by atoms with Gasteiger partial charge in [-0.15, -0.1) is 0 Å². The SMILES string of the molecule is CC(=O)OC1O[C@H](CO)C[C@H](O)[C@@H]1O. The third-order valence-electron chi connectivity index (χ3n) is 1.99. The third-order valence-corrected chi connectivity index (χ3v) is 1.99. The topological polar surface area (TPSA) is 96.2 Å². The van der Waals surface area contributed by atoms with E-state index < -0.39 is 30.6 Å². The van der Waals surface area contributed by atoms with Crippen LogP contribution in [0.1, 0.15) is 13.3 Å². The summed E-state index contributed by atoms with van der Waals surface area (Å²) in [6.45, 7) is 0.882. The summed E-state index contributed by atoms with van der Waals surface area (Å²) >= 11 is 0. The number of rotatable bonds is 2. The van der Waals surface area contributed by atoms with Crippen LogP contribution in [0.3, 0.4) is 0 Å². The van der Waals surface area contributed by atoms with Gasteiger partial charge in [0.05, 0.1) is 18.8 Å². The Morgan fingerprint density at radius 3 is 2.71 bits per heavy atom. The van der Waals surface area contributed by atoms with Crippen molar-refractivity contribution in [3.8, 4) is 0 Å². The van der Waals surface area contributed by atoms with Crippen LogP contribution in [0.2, 0.25) is 0 Å². The zero-order chi connectivity index (χ0) is 10.7. The Bertz CT molecular complexity index is 206. The van der Waals surface area contributed by atoms with Crippen LogP contribution in [0.5, 0.6) is 0 Å². The second-order valence-corrected chi connectivity index (χ2v) is 3.21. The normalized spacial score (nSPS) is 38.0. The first-order valence-corrected chi connectivity index (χ1v) is 4.34. The molecule has 1 rings (SSSR count). The van der Waals surface area contributed by atoms with E-state index in [1.165, 1.54) is 6.92 Å². The minimum Gasteiger partial charge on any atom is -0.433 e. The Hall–Kier alpha value is -0.690. The first-order chi connectivity index (χ1) is 6.54. The highest BCUT2D eigenvalue weighted by atomic mass is 16.7. The maximum atomic E-state index is 10.6. The number of esters is 1. The van der Waals surface area contributed by atoms with E-state index >= 15 is 0 Å². The smallest absolute Gasteiger partial charge is 0.305 e. The molecule has 0 saturated carbocycles. The van der Waals surface area contributed by atoms with Crippen molar-refractivity contribution in [2.75, 3.05) is 6.61 Å². The predicted octanol–water partition coefficient (Wildman–Crippen LogP) is -1.62. The number of carbonyl (C=O) groups excluding carboxylic acids is 1. The molecule has 1 saturated heterocycles. The first-order valence-electron chi connectivity index (χ1n) is 4.34. The Labute approximate surface area is 81.1 Å². The largest absolute Gasteiger partial charge is 0.433 e. The molecule has 0 bridgehead atoms. The van der Waals surface area contributed by atoms with E-state index in [-0.39, 0.29) is 13.0 Å². The molecule has 0 aliphatic carbocycles. The Morgan fingerprint density at radius 2 is 2.21 bits per heavy atom. The lowest BCUT2D eigenvalue weighted by molar-refractivity contribution is -0.262. The molecule has 6 heteroatoms. The maximum absolute atomic E-state index is 10.6. The molecule has 1 unspecified atom stereocenters. The Morgan fingerprint density at radius 1 is 1.57 bits per heavy atom. The summed E-state index contributed by atoms with van der Waals surface area (Å²) in [6.07, 6.45) is -4.01. The monoisotopic (exact) mass is 206 g/mol. The molecule has 3 N–H and O–H groups in total. The fourth-order valence-electron chi connectivity index (χ4n) is 1.29. The molecule has 0 aromatic heterocycles. The van der Waals surface area contributed by atoms with Gasteiger partial charge in [-0.1, -0.05) is 0 Å². The highest BCUT2D eigenvalue weighted by Crippen LogP contribution is 2.20. The Kier molecular flexibility index (Phi) is 3.82. The average Bonchev–Trinajstić information content (AvgIpc) is 2.11. The van der Waals surface area contributed by atoms with Gasteiger partial charge in [-0.25, -0.2) is 0 Å². The van der Waals surface area contributed by atoms with Gasteiger partial charge in [0.1, 0.15) is 6.10 Å². The molecule has 1 fully saturated rings. The van der Waals surface area contributed by atoms with Crippen LogP contribution in [0, 0.1) is 0 Å². The van der Waals surface area contributed by atoms with Crippen LogP contribution < -0.4 is 0 Å². The average molecular weight is 206 g/mol. The predicted molar refractivity (Wildman–Crippen MR) is 44.1 cm³/mol. The van der Waals surface area contributed by atoms with E-state index in [0.717, 1.165) is 0 Å². The van der Waals surface area contributed by atoms with E-state index in [2.05, 4.69) is 4.74 Å². The summed E-state index contributed by atoms with van der Waals surface area (Å²) in [7, 11) is 0. The fraction of sp³-hybridized carbons (Fsp3) is 0.875. The van der Waals surface area contributed by atoms with Crippen molar-refractivity contribution in [2.24, 2.45) is 0 Å². The number of hydrogen-bond acceptors (Lipinski definition) is 6. The number of ether oxygens (including phenoxy) is 2. The van der Waals surface area contributed by atoms with Gasteiger partial charge in [0, 0.05) is 13.3 Å². The van der Waals surface area contributed by atoms with Gasteiger partial charge in [-0.2, -0.15) is 0 Å². The zero-order valence-electron chi connectivity index (χ0n) is 7.79. The van der Waals surface area contributed by atoms with Gasteiger partial charge in [-0.3, -0.25) is 4.79 Å². The molecule has 6 nitrogen and oxygen atoms in total. The van der Waals surface area contributed by atoms with Crippen LogP contribution in [0.4, 0.5) is 0 Å². The molecule has 1 aliphatic heterocycles. The third kappa shape index (κ3) is 2.65.